The molecule has 0 spiro atoms. The molecule has 0 atom stereocenters. The molecule has 7 heteroatoms. The highest BCUT2D eigenvalue weighted by atomic mass is 16.2. The van der Waals surface area contributed by atoms with Crippen LogP contribution in [0.5, 0.6) is 0 Å². The van der Waals surface area contributed by atoms with Crippen molar-refractivity contribution in [3.8, 4) is 0 Å². The maximum absolute atomic E-state index is 12.3. The molecule has 7 nitrogen and oxygen atoms in total. The zero-order chi connectivity index (χ0) is 15.5. The molecule has 0 unspecified atom stereocenters. The van der Waals surface area contributed by atoms with Crippen molar-refractivity contribution in [2.75, 3.05) is 6.54 Å². The fraction of sp³-hybridized carbons (Fsp3) is 0.267. The Labute approximate surface area is 127 Å². The number of aryl methyl sites for hydroxylation is 2. The van der Waals surface area contributed by atoms with E-state index in [1.165, 1.54) is 0 Å². The molecule has 0 fully saturated rings. The highest BCUT2D eigenvalue weighted by Gasteiger charge is 2.16. The third kappa shape index (κ3) is 2.78. The van der Waals surface area contributed by atoms with Crippen LogP contribution in [0.25, 0.3) is 5.78 Å². The summed E-state index contributed by atoms with van der Waals surface area (Å²) in [5.41, 5.74) is 2.85. The van der Waals surface area contributed by atoms with Crippen molar-refractivity contribution in [3.05, 3.63) is 53.4 Å². The summed E-state index contributed by atoms with van der Waals surface area (Å²) in [5.74, 6) is 0.446. The van der Waals surface area contributed by atoms with Crippen LogP contribution in [0.2, 0.25) is 0 Å². The molecule has 1 N–H and O–H groups in total. The molecule has 0 aliphatic heterocycles. The third-order valence-corrected chi connectivity index (χ3v) is 3.34. The Morgan fingerprint density at radius 1 is 1.23 bits per heavy atom. The van der Waals surface area contributed by atoms with Gasteiger partial charge in [0.1, 0.15) is 0 Å². The van der Waals surface area contributed by atoms with Crippen LogP contribution in [-0.2, 0) is 6.42 Å². The topological polar surface area (TPSA) is 85.1 Å². The number of fused-ring (bicyclic) bond motifs is 1. The minimum absolute atomic E-state index is 0.254. The lowest BCUT2D eigenvalue weighted by Crippen LogP contribution is -2.28. The average Bonchev–Trinajstić information content (AvgIpc) is 2.92. The van der Waals surface area contributed by atoms with E-state index in [-0.39, 0.29) is 11.7 Å². The fourth-order valence-electron chi connectivity index (χ4n) is 2.33. The Bertz CT molecular complexity index is 812. The van der Waals surface area contributed by atoms with E-state index in [4.69, 9.17) is 0 Å². The largest absolute Gasteiger partial charge is 0.349 e. The molecule has 3 aromatic heterocycles. The minimum Gasteiger partial charge on any atom is -0.349 e. The van der Waals surface area contributed by atoms with Gasteiger partial charge in [-0.3, -0.25) is 14.2 Å². The number of amides is 1. The summed E-state index contributed by atoms with van der Waals surface area (Å²) >= 11 is 0. The molecular formula is C15H16N6O. The van der Waals surface area contributed by atoms with Gasteiger partial charge in [0.15, 0.2) is 0 Å². The van der Waals surface area contributed by atoms with E-state index in [1.807, 2.05) is 32.0 Å². The van der Waals surface area contributed by atoms with Gasteiger partial charge in [0.05, 0.1) is 0 Å². The van der Waals surface area contributed by atoms with Gasteiger partial charge in [-0.05, 0) is 44.0 Å². The van der Waals surface area contributed by atoms with Crippen molar-refractivity contribution in [1.82, 2.24) is 29.9 Å². The Kier molecular flexibility index (Phi) is 3.78. The average molecular weight is 296 g/mol. The number of carbonyl (C=O) groups is 1. The van der Waals surface area contributed by atoms with Gasteiger partial charge in [-0.1, -0.05) is 0 Å². The van der Waals surface area contributed by atoms with Gasteiger partial charge in [-0.2, -0.15) is 0 Å². The second-order valence-corrected chi connectivity index (χ2v) is 5.06. The smallest absolute Gasteiger partial charge is 0.289 e. The Balaban J connectivity index is 1.73. The zero-order valence-corrected chi connectivity index (χ0v) is 12.4. The van der Waals surface area contributed by atoms with Crippen molar-refractivity contribution >= 4 is 11.7 Å². The van der Waals surface area contributed by atoms with Crippen LogP contribution >= 0.6 is 0 Å². The third-order valence-electron chi connectivity index (χ3n) is 3.34. The van der Waals surface area contributed by atoms with Crippen molar-refractivity contribution in [2.45, 2.75) is 20.3 Å². The van der Waals surface area contributed by atoms with Gasteiger partial charge >= 0.3 is 0 Å². The molecule has 3 heterocycles. The molecule has 0 aliphatic rings. The molecule has 0 bridgehead atoms. The maximum Gasteiger partial charge on any atom is 0.289 e. The van der Waals surface area contributed by atoms with Gasteiger partial charge in [-0.15, -0.1) is 10.2 Å². The number of rotatable bonds is 4. The molecular weight excluding hydrogens is 280 g/mol. The van der Waals surface area contributed by atoms with Gasteiger partial charge < -0.3 is 5.32 Å². The van der Waals surface area contributed by atoms with Gasteiger partial charge in [0.2, 0.25) is 5.82 Å². The maximum atomic E-state index is 12.3. The second kappa shape index (κ2) is 5.88. The predicted octanol–water partition coefficient (Wildman–Crippen LogP) is 1.11. The standard InChI is InChI=1S/C15H16N6O/c1-10-9-11(2)21-13(19-20-15(21)18-10)14(22)17-8-5-12-3-6-16-7-4-12/h3-4,6-7,9H,5,8H2,1-2H3,(H,17,22). The van der Waals surface area contributed by atoms with E-state index in [2.05, 4.69) is 25.5 Å². The summed E-state index contributed by atoms with van der Waals surface area (Å²) < 4.78 is 1.66. The monoisotopic (exact) mass is 296 g/mol. The van der Waals surface area contributed by atoms with E-state index in [0.29, 0.717) is 12.3 Å². The Morgan fingerprint density at radius 3 is 2.77 bits per heavy atom. The van der Waals surface area contributed by atoms with Gasteiger partial charge in [0, 0.05) is 30.3 Å². The van der Waals surface area contributed by atoms with E-state index in [1.54, 1.807) is 16.8 Å². The molecule has 1 amide bonds. The number of nitrogens with zero attached hydrogens (tertiary/aromatic N) is 5. The van der Waals surface area contributed by atoms with Crippen molar-refractivity contribution < 1.29 is 4.79 Å². The zero-order valence-electron chi connectivity index (χ0n) is 12.4. The lowest BCUT2D eigenvalue weighted by molar-refractivity contribution is 0.0942. The summed E-state index contributed by atoms with van der Waals surface area (Å²) in [6.07, 6.45) is 4.21. The first-order chi connectivity index (χ1) is 10.6. The minimum atomic E-state index is -0.254. The quantitative estimate of drug-likeness (QED) is 0.779. The predicted molar refractivity (Wildman–Crippen MR) is 80.5 cm³/mol. The molecule has 0 saturated heterocycles. The molecule has 112 valence electrons. The van der Waals surface area contributed by atoms with E-state index < -0.39 is 0 Å². The highest BCUT2D eigenvalue weighted by molar-refractivity contribution is 5.91. The number of aromatic nitrogens is 5. The lowest BCUT2D eigenvalue weighted by atomic mass is 10.2. The van der Waals surface area contributed by atoms with Crippen molar-refractivity contribution in [2.24, 2.45) is 0 Å². The highest BCUT2D eigenvalue weighted by Crippen LogP contribution is 2.08. The first-order valence-electron chi connectivity index (χ1n) is 7.01. The number of pyridine rings is 1. The fourth-order valence-corrected chi connectivity index (χ4v) is 2.33. The summed E-state index contributed by atoms with van der Waals surface area (Å²) in [6.45, 7) is 4.31. The Hall–Kier alpha value is -2.83. The second-order valence-electron chi connectivity index (χ2n) is 5.06. The first kappa shape index (κ1) is 14.1. The molecule has 3 rings (SSSR count). The van der Waals surface area contributed by atoms with Crippen LogP contribution in [0.4, 0.5) is 0 Å². The van der Waals surface area contributed by atoms with Crippen LogP contribution in [0.3, 0.4) is 0 Å². The number of hydrogen-bond acceptors (Lipinski definition) is 5. The molecule has 0 saturated carbocycles. The normalized spacial score (nSPS) is 10.8. The summed E-state index contributed by atoms with van der Waals surface area (Å²) in [5, 5.41) is 10.8. The summed E-state index contributed by atoms with van der Waals surface area (Å²) in [4.78, 5) is 20.5. The lowest BCUT2D eigenvalue weighted by Gasteiger charge is -2.06. The molecule has 0 aromatic carbocycles. The SMILES string of the molecule is Cc1cc(C)n2c(C(=O)NCCc3ccncc3)nnc2n1. The van der Waals surface area contributed by atoms with Crippen molar-refractivity contribution in [3.63, 3.8) is 0 Å². The Morgan fingerprint density at radius 2 is 2.00 bits per heavy atom. The van der Waals surface area contributed by atoms with E-state index in [9.17, 15) is 4.79 Å². The van der Waals surface area contributed by atoms with Crippen molar-refractivity contribution in [1.29, 1.82) is 0 Å². The first-order valence-corrected chi connectivity index (χ1v) is 7.01. The summed E-state index contributed by atoms with van der Waals surface area (Å²) in [7, 11) is 0. The number of carbonyl (C=O) groups excluding carboxylic acids is 1. The number of nitrogens with one attached hydrogen (secondary N) is 1. The molecule has 22 heavy (non-hydrogen) atoms. The molecule has 0 aliphatic carbocycles. The van der Waals surface area contributed by atoms with Gasteiger partial charge in [0.25, 0.3) is 11.7 Å². The molecule has 3 aromatic rings. The van der Waals surface area contributed by atoms with Crippen LogP contribution in [-0.4, -0.2) is 37.0 Å². The van der Waals surface area contributed by atoms with Crippen LogP contribution in [0.1, 0.15) is 27.6 Å². The molecule has 0 radical (unpaired) electrons. The van der Waals surface area contributed by atoms with Crippen LogP contribution in [0.15, 0.2) is 30.6 Å². The van der Waals surface area contributed by atoms with Crippen LogP contribution in [0, 0.1) is 13.8 Å². The number of hydrogen-bond donors (Lipinski definition) is 1. The van der Waals surface area contributed by atoms with E-state index in [0.717, 1.165) is 23.4 Å². The van der Waals surface area contributed by atoms with Gasteiger partial charge in [-0.25, -0.2) is 4.98 Å². The summed E-state index contributed by atoms with van der Waals surface area (Å²) in [6, 6.07) is 5.75. The van der Waals surface area contributed by atoms with Crippen LogP contribution < -0.4 is 5.32 Å². The van der Waals surface area contributed by atoms with E-state index >= 15 is 0 Å².